The molecule has 4 heteroatoms. The van der Waals surface area contributed by atoms with Gasteiger partial charge in [-0.1, -0.05) is 6.92 Å². The van der Waals surface area contributed by atoms with Crippen LogP contribution in [-0.2, 0) is 4.74 Å². The van der Waals surface area contributed by atoms with Gasteiger partial charge in [-0.3, -0.25) is 4.98 Å². The maximum absolute atomic E-state index is 12.7. The Balaban J connectivity index is 2.65. The molecule has 1 aromatic rings. The van der Waals surface area contributed by atoms with Crippen molar-refractivity contribution in [1.82, 2.24) is 10.3 Å². The first kappa shape index (κ1) is 12.1. The summed E-state index contributed by atoms with van der Waals surface area (Å²) in [6.45, 7) is 3.53. The third kappa shape index (κ3) is 3.93. The molecule has 1 heterocycles. The summed E-state index contributed by atoms with van der Waals surface area (Å²) in [5.74, 6) is -0.314. The van der Waals surface area contributed by atoms with Crippen molar-refractivity contribution in [3.05, 3.63) is 29.8 Å². The monoisotopic (exact) mass is 212 g/mol. The molecular weight excluding hydrogens is 195 g/mol. The predicted octanol–water partition coefficient (Wildman–Crippen LogP) is 1.91. The fourth-order valence-electron chi connectivity index (χ4n) is 1.33. The van der Waals surface area contributed by atoms with Gasteiger partial charge in [-0.15, -0.1) is 0 Å². The van der Waals surface area contributed by atoms with E-state index in [2.05, 4.69) is 17.2 Å². The molecule has 1 N–H and O–H groups in total. The Morgan fingerprint density at radius 2 is 2.33 bits per heavy atom. The molecule has 0 aliphatic rings. The molecule has 0 aliphatic heterocycles. The number of aromatic nitrogens is 1. The second-order valence-corrected chi connectivity index (χ2v) is 3.36. The summed E-state index contributed by atoms with van der Waals surface area (Å²) in [4.78, 5) is 4.03. The van der Waals surface area contributed by atoms with Crippen LogP contribution in [0.25, 0.3) is 0 Å². The molecule has 15 heavy (non-hydrogen) atoms. The molecule has 1 unspecified atom stereocenters. The average Bonchev–Trinajstić information content (AvgIpc) is 2.25. The van der Waals surface area contributed by atoms with E-state index in [0.717, 1.165) is 18.7 Å². The minimum atomic E-state index is -0.314. The molecular formula is C11H17FN2O. The summed E-state index contributed by atoms with van der Waals surface area (Å²) < 4.78 is 17.8. The van der Waals surface area contributed by atoms with E-state index < -0.39 is 0 Å². The molecule has 0 aliphatic carbocycles. The van der Waals surface area contributed by atoms with Crippen molar-refractivity contribution in [3.63, 3.8) is 0 Å². The van der Waals surface area contributed by atoms with Crippen LogP contribution in [0.1, 0.15) is 25.1 Å². The van der Waals surface area contributed by atoms with E-state index in [4.69, 9.17) is 4.74 Å². The Labute approximate surface area is 89.7 Å². The molecule has 1 rings (SSSR count). The van der Waals surface area contributed by atoms with E-state index in [-0.39, 0.29) is 11.9 Å². The first-order chi connectivity index (χ1) is 7.27. The number of hydrogen-bond donors (Lipinski definition) is 1. The lowest BCUT2D eigenvalue weighted by Gasteiger charge is -2.16. The molecule has 1 aromatic heterocycles. The molecule has 1 atom stereocenters. The number of hydrogen-bond acceptors (Lipinski definition) is 3. The van der Waals surface area contributed by atoms with Gasteiger partial charge in [-0.2, -0.15) is 0 Å². The fraction of sp³-hybridized carbons (Fsp3) is 0.545. The van der Waals surface area contributed by atoms with Gasteiger partial charge < -0.3 is 10.1 Å². The highest BCUT2D eigenvalue weighted by molar-refractivity contribution is 5.09. The Hall–Kier alpha value is -1.00. The van der Waals surface area contributed by atoms with Crippen LogP contribution in [0, 0.1) is 5.82 Å². The van der Waals surface area contributed by atoms with Gasteiger partial charge in [0.25, 0.3) is 0 Å². The molecule has 84 valence electrons. The zero-order valence-electron chi connectivity index (χ0n) is 9.16. The fourth-order valence-corrected chi connectivity index (χ4v) is 1.33. The lowest BCUT2D eigenvalue weighted by atomic mass is 10.2. The highest BCUT2D eigenvalue weighted by Crippen LogP contribution is 2.10. The molecule has 0 bridgehead atoms. The molecule has 0 aromatic carbocycles. The van der Waals surface area contributed by atoms with Crippen molar-refractivity contribution in [2.24, 2.45) is 0 Å². The summed E-state index contributed by atoms with van der Waals surface area (Å²) >= 11 is 0. The summed E-state index contributed by atoms with van der Waals surface area (Å²) in [6, 6.07) is 3.14. The van der Waals surface area contributed by atoms with Gasteiger partial charge in [0.2, 0.25) is 0 Å². The summed E-state index contributed by atoms with van der Waals surface area (Å²) in [7, 11) is 1.64. The van der Waals surface area contributed by atoms with E-state index >= 15 is 0 Å². The van der Waals surface area contributed by atoms with E-state index in [1.807, 2.05) is 0 Å². The van der Waals surface area contributed by atoms with Crippen LogP contribution in [0.2, 0.25) is 0 Å². The molecule has 3 nitrogen and oxygen atoms in total. The first-order valence-electron chi connectivity index (χ1n) is 5.11. The highest BCUT2D eigenvalue weighted by Gasteiger charge is 2.11. The second kappa shape index (κ2) is 6.48. The van der Waals surface area contributed by atoms with Gasteiger partial charge >= 0.3 is 0 Å². The van der Waals surface area contributed by atoms with Crippen molar-refractivity contribution in [2.75, 3.05) is 20.3 Å². The maximum Gasteiger partial charge on any atom is 0.141 e. The van der Waals surface area contributed by atoms with Crippen LogP contribution < -0.4 is 5.32 Å². The normalized spacial score (nSPS) is 12.7. The first-order valence-corrected chi connectivity index (χ1v) is 5.11. The third-order valence-corrected chi connectivity index (χ3v) is 2.08. The number of halogens is 1. The van der Waals surface area contributed by atoms with E-state index in [0.29, 0.717) is 6.61 Å². The molecule has 0 saturated heterocycles. The van der Waals surface area contributed by atoms with Gasteiger partial charge in [0.15, 0.2) is 0 Å². The number of methoxy groups -OCH3 is 1. The minimum Gasteiger partial charge on any atom is -0.383 e. The average molecular weight is 212 g/mol. The molecule has 0 spiro atoms. The number of nitrogens with one attached hydrogen (secondary N) is 1. The second-order valence-electron chi connectivity index (χ2n) is 3.36. The van der Waals surface area contributed by atoms with E-state index in [1.165, 1.54) is 12.3 Å². The quantitative estimate of drug-likeness (QED) is 0.782. The van der Waals surface area contributed by atoms with E-state index in [9.17, 15) is 4.39 Å². The van der Waals surface area contributed by atoms with Crippen LogP contribution in [0.15, 0.2) is 18.3 Å². The Morgan fingerprint density at radius 3 is 2.87 bits per heavy atom. The van der Waals surface area contributed by atoms with Gasteiger partial charge in [-0.05, 0) is 25.1 Å². The minimum absolute atomic E-state index is 0.0375. The summed E-state index contributed by atoms with van der Waals surface area (Å²) in [5.41, 5.74) is 0.812. The molecule has 0 saturated carbocycles. The number of rotatable bonds is 6. The van der Waals surface area contributed by atoms with Crippen LogP contribution >= 0.6 is 0 Å². The molecule has 0 amide bonds. The van der Waals surface area contributed by atoms with Crippen LogP contribution in [0.4, 0.5) is 4.39 Å². The SMILES string of the molecule is CCCNC(COC)c1ccc(F)cn1. The number of pyridine rings is 1. The zero-order chi connectivity index (χ0) is 11.1. The largest absolute Gasteiger partial charge is 0.383 e. The van der Waals surface area contributed by atoms with Crippen LogP contribution in [0.3, 0.4) is 0 Å². The van der Waals surface area contributed by atoms with Crippen molar-refractivity contribution in [2.45, 2.75) is 19.4 Å². The zero-order valence-corrected chi connectivity index (χ0v) is 9.16. The van der Waals surface area contributed by atoms with Gasteiger partial charge in [0.05, 0.1) is 24.5 Å². The van der Waals surface area contributed by atoms with Crippen LogP contribution in [-0.4, -0.2) is 25.2 Å². The lowest BCUT2D eigenvalue weighted by Crippen LogP contribution is -2.26. The number of ether oxygens (including phenoxy) is 1. The molecule has 0 radical (unpaired) electrons. The maximum atomic E-state index is 12.7. The Morgan fingerprint density at radius 1 is 1.53 bits per heavy atom. The lowest BCUT2D eigenvalue weighted by molar-refractivity contribution is 0.165. The van der Waals surface area contributed by atoms with Gasteiger partial charge in [-0.25, -0.2) is 4.39 Å². The number of nitrogens with zero attached hydrogens (tertiary/aromatic N) is 1. The Kier molecular flexibility index (Phi) is 5.21. The smallest absolute Gasteiger partial charge is 0.141 e. The standard InChI is InChI=1S/C11H17FN2O/c1-3-6-13-11(8-15-2)10-5-4-9(12)7-14-10/h4-5,7,11,13H,3,6,8H2,1-2H3. The predicted molar refractivity (Wildman–Crippen MR) is 57.1 cm³/mol. The van der Waals surface area contributed by atoms with Gasteiger partial charge in [0, 0.05) is 7.11 Å². The van der Waals surface area contributed by atoms with Crippen LogP contribution in [0.5, 0.6) is 0 Å². The highest BCUT2D eigenvalue weighted by atomic mass is 19.1. The van der Waals surface area contributed by atoms with Crippen molar-refractivity contribution < 1.29 is 9.13 Å². The van der Waals surface area contributed by atoms with Crippen molar-refractivity contribution in [3.8, 4) is 0 Å². The van der Waals surface area contributed by atoms with Gasteiger partial charge in [0.1, 0.15) is 5.82 Å². The summed E-state index contributed by atoms with van der Waals surface area (Å²) in [5, 5.41) is 3.30. The summed E-state index contributed by atoms with van der Waals surface area (Å²) in [6.07, 6.45) is 2.27. The topological polar surface area (TPSA) is 34.1 Å². The van der Waals surface area contributed by atoms with Crippen molar-refractivity contribution >= 4 is 0 Å². The third-order valence-electron chi connectivity index (χ3n) is 2.08. The molecule has 0 fully saturated rings. The Bertz CT molecular complexity index is 276. The van der Waals surface area contributed by atoms with Crippen molar-refractivity contribution in [1.29, 1.82) is 0 Å². The van der Waals surface area contributed by atoms with E-state index in [1.54, 1.807) is 13.2 Å².